The Balaban J connectivity index is 1.99. The van der Waals surface area contributed by atoms with Crippen molar-refractivity contribution < 1.29 is 23.9 Å². The molecular weight excluding hydrogens is 324 g/mol. The highest BCUT2D eigenvalue weighted by molar-refractivity contribution is 5.91. The zero-order valence-electron chi connectivity index (χ0n) is 15.0. The average molecular weight is 352 g/mol. The second-order valence-electron chi connectivity index (χ2n) is 7.03. The van der Waals surface area contributed by atoms with E-state index in [4.69, 9.17) is 9.47 Å². The molecule has 0 radical (unpaired) electrons. The predicted molar refractivity (Wildman–Crippen MR) is 91.8 cm³/mol. The van der Waals surface area contributed by atoms with Crippen LogP contribution in [0.1, 0.15) is 52.4 Å². The molecule has 1 fully saturated rings. The van der Waals surface area contributed by atoms with Gasteiger partial charge < -0.3 is 24.9 Å². The molecular formula is C18H28N2O5. The molecule has 1 aliphatic heterocycles. The van der Waals surface area contributed by atoms with Gasteiger partial charge in [-0.05, 0) is 24.8 Å². The zero-order chi connectivity index (χ0) is 18.3. The number of carbonyl (C=O) groups is 3. The molecule has 1 aliphatic carbocycles. The summed E-state index contributed by atoms with van der Waals surface area (Å²) in [7, 11) is 0. The number of nitrogens with one attached hydrogen (secondary N) is 2. The van der Waals surface area contributed by atoms with Crippen molar-refractivity contribution in [2.24, 2.45) is 5.92 Å². The van der Waals surface area contributed by atoms with Crippen molar-refractivity contribution >= 4 is 18.3 Å². The average Bonchev–Trinajstić information content (AvgIpc) is 3.11. The minimum atomic E-state index is -1.02. The fourth-order valence-corrected chi connectivity index (χ4v) is 3.15. The van der Waals surface area contributed by atoms with Gasteiger partial charge in [0, 0.05) is 6.42 Å². The summed E-state index contributed by atoms with van der Waals surface area (Å²) in [5.74, 6) is 0.310. The van der Waals surface area contributed by atoms with Crippen molar-refractivity contribution in [3.63, 3.8) is 0 Å². The Labute approximate surface area is 148 Å². The minimum Gasteiger partial charge on any atom is -0.494 e. The fourth-order valence-electron chi connectivity index (χ4n) is 3.15. The maximum absolute atomic E-state index is 12.8. The molecule has 140 valence electrons. The number of aldehydes is 1. The van der Waals surface area contributed by atoms with E-state index < -0.39 is 17.7 Å². The number of carbonyl (C=O) groups excluding carboxylic acids is 3. The van der Waals surface area contributed by atoms with E-state index in [1.54, 1.807) is 0 Å². The summed E-state index contributed by atoms with van der Waals surface area (Å²) in [5.41, 5.74) is -1.02. The fraction of sp³-hybridized carbons (Fsp3) is 0.722. The van der Waals surface area contributed by atoms with Crippen molar-refractivity contribution in [1.29, 1.82) is 0 Å². The second kappa shape index (κ2) is 8.87. The van der Waals surface area contributed by atoms with E-state index in [1.807, 2.05) is 19.9 Å². The molecule has 25 heavy (non-hydrogen) atoms. The van der Waals surface area contributed by atoms with Gasteiger partial charge in [-0.1, -0.05) is 33.1 Å². The van der Waals surface area contributed by atoms with Crippen molar-refractivity contribution in [3.05, 3.63) is 11.8 Å². The molecule has 0 bridgehead atoms. The molecule has 2 aliphatic rings. The molecule has 0 spiro atoms. The minimum absolute atomic E-state index is 0.0134. The van der Waals surface area contributed by atoms with Gasteiger partial charge in [-0.15, -0.1) is 0 Å². The third-order valence-corrected chi connectivity index (χ3v) is 4.77. The van der Waals surface area contributed by atoms with Crippen molar-refractivity contribution in [2.45, 2.75) is 64.0 Å². The summed E-state index contributed by atoms with van der Waals surface area (Å²) in [6.07, 6.45) is 6.58. The molecule has 2 amide bonds. The van der Waals surface area contributed by atoms with Gasteiger partial charge in [-0.3, -0.25) is 4.79 Å². The number of rotatable bonds is 7. The molecule has 2 N–H and O–H groups in total. The molecule has 0 aromatic rings. The standard InChI is InChI=1S/C18H28N2O5/c1-13(2)15(11-21)19-16(22)18(8-4-3-5-9-18)20-17(23)25-12-14-7-6-10-24-14/h7,11,13,15H,3-6,8-10,12H2,1-2H3,(H,19,22)(H,20,23)/t15-/m1/s1. The van der Waals surface area contributed by atoms with Crippen LogP contribution in [0.5, 0.6) is 0 Å². The monoisotopic (exact) mass is 352 g/mol. The quantitative estimate of drug-likeness (QED) is 0.684. The molecule has 0 aromatic heterocycles. The van der Waals surface area contributed by atoms with Crippen LogP contribution in [-0.4, -0.2) is 43.1 Å². The van der Waals surface area contributed by atoms with E-state index in [0.717, 1.165) is 32.0 Å². The van der Waals surface area contributed by atoms with Crippen molar-refractivity contribution in [3.8, 4) is 0 Å². The number of amides is 2. The van der Waals surface area contributed by atoms with Crippen LogP contribution in [0.4, 0.5) is 4.79 Å². The number of hydrogen-bond donors (Lipinski definition) is 2. The molecule has 2 rings (SSSR count). The van der Waals surface area contributed by atoms with Crippen LogP contribution in [0.3, 0.4) is 0 Å². The maximum Gasteiger partial charge on any atom is 0.408 e. The summed E-state index contributed by atoms with van der Waals surface area (Å²) in [6.45, 7) is 4.40. The summed E-state index contributed by atoms with van der Waals surface area (Å²) in [6, 6.07) is -0.568. The topological polar surface area (TPSA) is 93.7 Å². The highest BCUT2D eigenvalue weighted by atomic mass is 16.6. The first-order valence-corrected chi connectivity index (χ1v) is 9.00. The van der Waals surface area contributed by atoms with Crippen LogP contribution in [-0.2, 0) is 19.1 Å². The Kier molecular flexibility index (Phi) is 6.84. The molecule has 0 aromatic carbocycles. The summed E-state index contributed by atoms with van der Waals surface area (Å²) in [4.78, 5) is 36.2. The van der Waals surface area contributed by atoms with E-state index >= 15 is 0 Å². The Morgan fingerprint density at radius 2 is 2.04 bits per heavy atom. The lowest BCUT2D eigenvalue weighted by Crippen LogP contribution is -2.61. The van der Waals surface area contributed by atoms with Gasteiger partial charge >= 0.3 is 6.09 Å². The lowest BCUT2D eigenvalue weighted by Gasteiger charge is -2.37. The summed E-state index contributed by atoms with van der Waals surface area (Å²) in [5, 5.41) is 5.52. The highest BCUT2D eigenvalue weighted by Crippen LogP contribution is 2.29. The van der Waals surface area contributed by atoms with Crippen LogP contribution in [0.2, 0.25) is 0 Å². The van der Waals surface area contributed by atoms with E-state index in [1.165, 1.54) is 0 Å². The van der Waals surface area contributed by atoms with Gasteiger partial charge in [0.1, 0.15) is 24.2 Å². The van der Waals surface area contributed by atoms with Gasteiger partial charge in [-0.2, -0.15) is 0 Å². The molecule has 7 heteroatoms. The lowest BCUT2D eigenvalue weighted by molar-refractivity contribution is -0.131. The Morgan fingerprint density at radius 3 is 2.60 bits per heavy atom. The SMILES string of the molecule is CC(C)[C@@H](C=O)NC(=O)C1(NC(=O)OCC2=CCCO2)CCCCC1. The first kappa shape index (κ1) is 19.3. The number of ether oxygens (including phenoxy) is 2. The van der Waals surface area contributed by atoms with E-state index in [9.17, 15) is 14.4 Å². The Bertz CT molecular complexity index is 524. The van der Waals surface area contributed by atoms with E-state index in [-0.39, 0.29) is 18.4 Å². The molecule has 1 saturated carbocycles. The molecule has 1 heterocycles. The van der Waals surface area contributed by atoms with Gasteiger partial charge in [0.25, 0.3) is 0 Å². The van der Waals surface area contributed by atoms with Crippen LogP contribution >= 0.6 is 0 Å². The lowest BCUT2D eigenvalue weighted by atomic mass is 9.80. The third kappa shape index (κ3) is 5.21. The normalized spacial score (nSPS) is 20.2. The molecule has 0 saturated heterocycles. The van der Waals surface area contributed by atoms with Crippen LogP contribution in [0.25, 0.3) is 0 Å². The first-order valence-electron chi connectivity index (χ1n) is 9.00. The summed E-state index contributed by atoms with van der Waals surface area (Å²) >= 11 is 0. The van der Waals surface area contributed by atoms with Gasteiger partial charge in [0.2, 0.25) is 5.91 Å². The van der Waals surface area contributed by atoms with E-state index in [0.29, 0.717) is 25.2 Å². The molecule has 0 unspecified atom stereocenters. The molecule has 7 nitrogen and oxygen atoms in total. The maximum atomic E-state index is 12.8. The van der Waals surface area contributed by atoms with Crippen LogP contribution in [0, 0.1) is 5.92 Å². The van der Waals surface area contributed by atoms with Crippen molar-refractivity contribution in [1.82, 2.24) is 10.6 Å². The highest BCUT2D eigenvalue weighted by Gasteiger charge is 2.42. The van der Waals surface area contributed by atoms with Gasteiger partial charge in [0.15, 0.2) is 0 Å². The molecule has 1 atom stereocenters. The second-order valence-corrected chi connectivity index (χ2v) is 7.03. The van der Waals surface area contributed by atoms with Crippen LogP contribution in [0.15, 0.2) is 11.8 Å². The largest absolute Gasteiger partial charge is 0.494 e. The summed E-state index contributed by atoms with van der Waals surface area (Å²) < 4.78 is 10.5. The first-order chi connectivity index (χ1) is 12.0. The van der Waals surface area contributed by atoms with E-state index in [2.05, 4.69) is 10.6 Å². The van der Waals surface area contributed by atoms with Gasteiger partial charge in [0.05, 0.1) is 12.6 Å². The Hall–Kier alpha value is -2.05. The van der Waals surface area contributed by atoms with Crippen molar-refractivity contribution in [2.75, 3.05) is 13.2 Å². The zero-order valence-corrected chi connectivity index (χ0v) is 15.0. The smallest absolute Gasteiger partial charge is 0.408 e. The van der Waals surface area contributed by atoms with Crippen LogP contribution < -0.4 is 10.6 Å². The third-order valence-electron chi connectivity index (χ3n) is 4.77. The predicted octanol–water partition coefficient (Wildman–Crippen LogP) is 2.06. The Morgan fingerprint density at radius 1 is 1.32 bits per heavy atom. The number of hydrogen-bond acceptors (Lipinski definition) is 5. The van der Waals surface area contributed by atoms with Gasteiger partial charge in [-0.25, -0.2) is 4.79 Å². The number of alkyl carbamates (subject to hydrolysis) is 1.